The van der Waals surface area contributed by atoms with Crippen LogP contribution in [-0.4, -0.2) is 40.0 Å². The van der Waals surface area contributed by atoms with Gasteiger partial charge >= 0.3 is 0 Å². The van der Waals surface area contributed by atoms with Crippen LogP contribution in [0.3, 0.4) is 0 Å². The van der Waals surface area contributed by atoms with E-state index in [-0.39, 0.29) is 23.1 Å². The van der Waals surface area contributed by atoms with Crippen molar-refractivity contribution >= 4 is 34.7 Å². The molecular formula is C30H26N4O5. The number of aryl methyl sites for hydroxylation is 1. The molecule has 9 heteroatoms. The number of hydrogen-bond donors (Lipinski definition) is 2. The maximum absolute atomic E-state index is 14.8. The number of nitrogens with one attached hydrogen (secondary N) is 2. The molecular weight excluding hydrogens is 496 g/mol. The van der Waals surface area contributed by atoms with Crippen molar-refractivity contribution < 1.29 is 19.3 Å². The molecule has 0 bridgehead atoms. The van der Waals surface area contributed by atoms with Gasteiger partial charge in [-0.3, -0.25) is 29.4 Å². The summed E-state index contributed by atoms with van der Waals surface area (Å²) in [7, 11) is 0. The average molecular weight is 523 g/mol. The van der Waals surface area contributed by atoms with Crippen LogP contribution in [0.2, 0.25) is 0 Å². The fourth-order valence-corrected chi connectivity index (χ4v) is 7.80. The zero-order valence-corrected chi connectivity index (χ0v) is 21.5. The number of nitro groups is 1. The predicted molar refractivity (Wildman–Crippen MR) is 144 cm³/mol. The van der Waals surface area contributed by atoms with Gasteiger partial charge in [0.1, 0.15) is 11.0 Å². The third-order valence-electron chi connectivity index (χ3n) is 9.44. The number of non-ortho nitro benzene ring substituents is 1. The zero-order valence-electron chi connectivity index (χ0n) is 21.5. The average Bonchev–Trinajstić information content (AvgIpc) is 3.65. The topological polar surface area (TPSA) is 122 Å². The zero-order chi connectivity index (χ0) is 27.3. The van der Waals surface area contributed by atoms with Crippen molar-refractivity contribution in [1.29, 1.82) is 0 Å². The Labute approximate surface area is 224 Å². The Balaban J connectivity index is 1.58. The van der Waals surface area contributed by atoms with E-state index in [1.165, 1.54) is 24.3 Å². The molecule has 4 atom stereocenters. The molecule has 7 rings (SSSR count). The number of amides is 2. The van der Waals surface area contributed by atoms with Crippen LogP contribution in [0.4, 0.5) is 17.1 Å². The molecule has 4 aliphatic heterocycles. The number of hydrogen-bond acceptors (Lipinski definition) is 6. The number of nitro benzene ring substituents is 1. The molecule has 0 unspecified atom stereocenters. The van der Waals surface area contributed by atoms with E-state index < -0.39 is 33.6 Å². The summed E-state index contributed by atoms with van der Waals surface area (Å²) in [4.78, 5) is 56.6. The number of Topliss-reactive ketones (excluding diaryl/α,β-unsaturated/α-hetero) is 1. The van der Waals surface area contributed by atoms with Crippen LogP contribution in [0.25, 0.3) is 0 Å². The van der Waals surface area contributed by atoms with E-state index in [4.69, 9.17) is 0 Å². The summed E-state index contributed by atoms with van der Waals surface area (Å²) < 4.78 is 0. The fourth-order valence-electron chi connectivity index (χ4n) is 7.80. The van der Waals surface area contributed by atoms with Crippen LogP contribution in [0, 0.1) is 29.9 Å². The van der Waals surface area contributed by atoms with Gasteiger partial charge < -0.3 is 10.6 Å². The second-order valence-corrected chi connectivity index (χ2v) is 11.0. The van der Waals surface area contributed by atoms with Gasteiger partial charge in [0.15, 0.2) is 5.78 Å². The Morgan fingerprint density at radius 2 is 1.79 bits per heavy atom. The molecule has 4 aliphatic rings. The van der Waals surface area contributed by atoms with Gasteiger partial charge in [0.05, 0.1) is 10.8 Å². The summed E-state index contributed by atoms with van der Waals surface area (Å²) >= 11 is 0. The minimum absolute atomic E-state index is 0.108. The quantitative estimate of drug-likeness (QED) is 0.302. The summed E-state index contributed by atoms with van der Waals surface area (Å²) in [5.41, 5.74) is 1.66. The normalized spacial score (nSPS) is 28.4. The number of carbonyl (C=O) groups excluding carboxylic acids is 3. The molecule has 2 saturated heterocycles. The Morgan fingerprint density at radius 3 is 2.59 bits per heavy atom. The van der Waals surface area contributed by atoms with Crippen molar-refractivity contribution in [2.75, 3.05) is 17.2 Å². The summed E-state index contributed by atoms with van der Waals surface area (Å²) in [6.45, 7) is 4.45. The summed E-state index contributed by atoms with van der Waals surface area (Å²) in [6.07, 6.45) is 1.41. The molecule has 2 fully saturated rings. The molecule has 2 spiro atoms. The minimum atomic E-state index is -1.45. The minimum Gasteiger partial charge on any atom is -0.325 e. The van der Waals surface area contributed by atoms with E-state index in [9.17, 15) is 24.5 Å². The molecule has 0 aliphatic carbocycles. The molecule has 0 aromatic heterocycles. The second-order valence-electron chi connectivity index (χ2n) is 11.0. The van der Waals surface area contributed by atoms with Crippen LogP contribution >= 0.6 is 0 Å². The van der Waals surface area contributed by atoms with Gasteiger partial charge in [-0.05, 0) is 56.0 Å². The van der Waals surface area contributed by atoms with Crippen LogP contribution in [-0.2, 0) is 20.5 Å². The van der Waals surface area contributed by atoms with Crippen LogP contribution in [0.15, 0.2) is 60.7 Å². The smallest absolute Gasteiger partial charge is 0.270 e. The molecule has 3 aromatic carbocycles. The molecule has 4 heterocycles. The first-order valence-electron chi connectivity index (χ1n) is 13.1. The fraction of sp³-hybridized carbons (Fsp3) is 0.300. The number of para-hydroxylation sites is 1. The Morgan fingerprint density at radius 1 is 1.00 bits per heavy atom. The largest absolute Gasteiger partial charge is 0.325 e. The van der Waals surface area contributed by atoms with E-state index in [1.54, 1.807) is 0 Å². The SMILES string of the molecule is Cc1ccc2c(c1C)NC(=O)[C@]21[C@@H](C(=O)c2cccc([N+](=O)[O-])c2)[C@]2(C(=O)Nc3ccccc32)[C@@H]2CCCN21. The molecule has 9 nitrogen and oxygen atoms in total. The van der Waals surface area contributed by atoms with Crippen LogP contribution < -0.4 is 10.6 Å². The Kier molecular flexibility index (Phi) is 4.76. The van der Waals surface area contributed by atoms with Gasteiger partial charge in [-0.15, -0.1) is 0 Å². The molecule has 39 heavy (non-hydrogen) atoms. The molecule has 0 saturated carbocycles. The van der Waals surface area contributed by atoms with Gasteiger partial charge in [0, 0.05) is 40.7 Å². The van der Waals surface area contributed by atoms with E-state index in [0.717, 1.165) is 17.5 Å². The van der Waals surface area contributed by atoms with Crippen LogP contribution in [0.1, 0.15) is 45.5 Å². The van der Waals surface area contributed by atoms with Crippen LogP contribution in [0.5, 0.6) is 0 Å². The highest BCUT2D eigenvalue weighted by molar-refractivity contribution is 6.19. The number of carbonyl (C=O) groups is 3. The van der Waals surface area contributed by atoms with Gasteiger partial charge in [-0.2, -0.15) is 0 Å². The van der Waals surface area contributed by atoms with Crippen molar-refractivity contribution in [3.05, 3.63) is 98.6 Å². The van der Waals surface area contributed by atoms with Crippen molar-refractivity contribution in [2.45, 2.75) is 43.7 Å². The lowest BCUT2D eigenvalue weighted by Crippen LogP contribution is -2.55. The number of rotatable bonds is 3. The lowest BCUT2D eigenvalue weighted by atomic mass is 9.60. The van der Waals surface area contributed by atoms with Crippen molar-refractivity contribution in [3.8, 4) is 0 Å². The number of nitrogens with zero attached hydrogens (tertiary/aromatic N) is 2. The number of anilines is 2. The first kappa shape index (κ1) is 23.7. The number of ketones is 1. The first-order valence-corrected chi connectivity index (χ1v) is 13.1. The van der Waals surface area contributed by atoms with Gasteiger partial charge in [0.2, 0.25) is 11.8 Å². The third-order valence-corrected chi connectivity index (χ3v) is 9.44. The molecule has 2 N–H and O–H groups in total. The molecule has 3 aromatic rings. The Hall–Kier alpha value is -4.37. The summed E-state index contributed by atoms with van der Waals surface area (Å²) in [5, 5.41) is 17.7. The van der Waals surface area contributed by atoms with Gasteiger partial charge in [0.25, 0.3) is 5.69 Å². The third kappa shape index (κ3) is 2.70. The van der Waals surface area contributed by atoms with Crippen molar-refractivity contribution in [2.24, 2.45) is 5.92 Å². The maximum Gasteiger partial charge on any atom is 0.270 e. The molecule has 196 valence electrons. The van der Waals surface area contributed by atoms with E-state index in [2.05, 4.69) is 15.5 Å². The van der Waals surface area contributed by atoms with E-state index in [0.29, 0.717) is 35.5 Å². The van der Waals surface area contributed by atoms with Crippen molar-refractivity contribution in [1.82, 2.24) is 4.90 Å². The Bertz CT molecular complexity index is 1650. The number of benzene rings is 3. The molecule has 0 radical (unpaired) electrons. The summed E-state index contributed by atoms with van der Waals surface area (Å²) in [6, 6.07) is 16.4. The standard InChI is InChI=1S/C30H26N4O5/c1-16-12-13-21-24(17(16)2)32-28(37)30(21)26(25(35)18-7-5-8-19(15-18)34(38)39)29(23-11-6-14-33(23)30)20-9-3-4-10-22(20)31-27(29)36/h3-5,7-10,12-13,15,23,26H,6,11,14H2,1-2H3,(H,31,36)(H,32,37)/t23-,26-,29+,30+/m0/s1. The lowest BCUT2D eigenvalue weighted by Gasteiger charge is -2.38. The second kappa shape index (κ2) is 7.83. The molecule has 2 amide bonds. The maximum atomic E-state index is 14.8. The first-order chi connectivity index (χ1) is 18.7. The highest BCUT2D eigenvalue weighted by Crippen LogP contribution is 2.66. The van der Waals surface area contributed by atoms with Crippen molar-refractivity contribution in [3.63, 3.8) is 0 Å². The lowest BCUT2D eigenvalue weighted by molar-refractivity contribution is -0.384. The number of fused-ring (bicyclic) bond motifs is 7. The van der Waals surface area contributed by atoms with Gasteiger partial charge in [-0.1, -0.05) is 42.5 Å². The summed E-state index contributed by atoms with van der Waals surface area (Å²) in [5.74, 6) is -2.26. The highest BCUT2D eigenvalue weighted by atomic mass is 16.6. The van der Waals surface area contributed by atoms with E-state index >= 15 is 0 Å². The van der Waals surface area contributed by atoms with Gasteiger partial charge in [-0.25, -0.2) is 0 Å². The highest BCUT2D eigenvalue weighted by Gasteiger charge is 2.78. The predicted octanol–water partition coefficient (Wildman–Crippen LogP) is 4.23. The monoisotopic (exact) mass is 522 g/mol. The van der Waals surface area contributed by atoms with E-state index in [1.807, 2.05) is 50.2 Å².